The van der Waals surface area contributed by atoms with E-state index in [1.165, 1.54) is 12.1 Å². The molecule has 0 bridgehead atoms. The molecule has 0 amide bonds. The zero-order valence-corrected chi connectivity index (χ0v) is 23.4. The van der Waals surface area contributed by atoms with Gasteiger partial charge in [-0.2, -0.15) is 0 Å². The van der Waals surface area contributed by atoms with E-state index >= 15 is 0 Å². The molecule has 0 aliphatic carbocycles. The second-order valence-electron chi connectivity index (χ2n) is 8.44. The van der Waals surface area contributed by atoms with Crippen LogP contribution in [-0.4, -0.2) is 29.4 Å². The van der Waals surface area contributed by atoms with Crippen LogP contribution in [0.1, 0.15) is 51.2 Å². The smallest absolute Gasteiger partial charge is 1.00 e. The number of rotatable bonds is 13. The molecule has 188 valence electrons. The Hall–Kier alpha value is -2.54. The quantitative estimate of drug-likeness (QED) is 0.274. The van der Waals surface area contributed by atoms with Gasteiger partial charge in [-0.1, -0.05) is 50.6 Å². The number of hydrogen-bond donors (Lipinski definition) is 2. The SMILES string of the molecule is CCCc1ccc(CCC(=O)O)cc1OCCCOc1c(CC)ccc(O)c1-c1ccc(F)cc1.[H-].[Na+]. The number of benzene rings is 3. The Labute approximate surface area is 236 Å². The van der Waals surface area contributed by atoms with Crippen LogP contribution in [0, 0.1) is 5.82 Å². The summed E-state index contributed by atoms with van der Waals surface area (Å²) in [5.41, 5.74) is 4.25. The molecule has 0 aliphatic rings. The van der Waals surface area contributed by atoms with E-state index in [4.69, 9.17) is 14.6 Å². The van der Waals surface area contributed by atoms with Crippen molar-refractivity contribution in [2.24, 2.45) is 0 Å². The molecular formula is C29H34FNaO5. The molecule has 0 aliphatic heterocycles. The molecule has 0 aromatic heterocycles. The Kier molecular flexibility index (Phi) is 12.3. The minimum absolute atomic E-state index is 0. The van der Waals surface area contributed by atoms with E-state index in [1.807, 2.05) is 31.2 Å². The summed E-state index contributed by atoms with van der Waals surface area (Å²) in [6.07, 6.45) is 3.76. The average molecular weight is 505 g/mol. The fourth-order valence-electron chi connectivity index (χ4n) is 3.99. The summed E-state index contributed by atoms with van der Waals surface area (Å²) in [4.78, 5) is 10.9. The molecule has 2 N–H and O–H groups in total. The van der Waals surface area contributed by atoms with Crippen LogP contribution in [0.4, 0.5) is 4.39 Å². The van der Waals surface area contributed by atoms with E-state index in [1.54, 1.807) is 18.2 Å². The Bertz CT molecular complexity index is 1140. The van der Waals surface area contributed by atoms with Gasteiger partial charge in [0.2, 0.25) is 0 Å². The number of aromatic hydroxyl groups is 1. The van der Waals surface area contributed by atoms with Crippen molar-refractivity contribution in [2.75, 3.05) is 13.2 Å². The maximum Gasteiger partial charge on any atom is 1.00 e. The second kappa shape index (κ2) is 14.9. The van der Waals surface area contributed by atoms with E-state index in [0.29, 0.717) is 42.9 Å². The third kappa shape index (κ3) is 8.26. The van der Waals surface area contributed by atoms with Crippen LogP contribution in [0.25, 0.3) is 11.1 Å². The molecule has 0 unspecified atom stereocenters. The first-order chi connectivity index (χ1) is 16.9. The van der Waals surface area contributed by atoms with Crippen LogP contribution in [0.5, 0.6) is 17.2 Å². The molecule has 0 radical (unpaired) electrons. The molecule has 0 fully saturated rings. The standard InChI is InChI=1S/C29H33FO5.Na.H/c1-3-6-22-9-7-20(8-16-27(32)33)19-26(22)34-17-5-18-35-29-21(4-2)12-15-25(31)28(29)23-10-13-24(30)14-11-23;;/h7,9-15,19,31H,3-6,8,16-18H2,1-2H3,(H,32,33);;/q;+1;-1. The van der Waals surface area contributed by atoms with E-state index in [9.17, 15) is 14.3 Å². The number of carbonyl (C=O) groups is 1. The van der Waals surface area contributed by atoms with Crippen LogP contribution in [0.2, 0.25) is 0 Å². The molecule has 0 atom stereocenters. The monoisotopic (exact) mass is 504 g/mol. The molecule has 3 aromatic carbocycles. The number of phenolic OH excluding ortho intramolecular Hbond substituents is 1. The Morgan fingerprint density at radius 2 is 1.64 bits per heavy atom. The van der Waals surface area contributed by atoms with Gasteiger partial charge in [0.25, 0.3) is 0 Å². The van der Waals surface area contributed by atoms with Crippen molar-refractivity contribution in [1.82, 2.24) is 0 Å². The molecule has 0 saturated heterocycles. The largest absolute Gasteiger partial charge is 1.00 e. The molecule has 0 heterocycles. The number of halogens is 1. The van der Waals surface area contributed by atoms with E-state index in [-0.39, 0.29) is 49.0 Å². The van der Waals surface area contributed by atoms with Crippen LogP contribution in [-0.2, 0) is 24.1 Å². The predicted octanol–water partition coefficient (Wildman–Crippen LogP) is 3.69. The van der Waals surface area contributed by atoms with Gasteiger partial charge in [-0.25, -0.2) is 4.39 Å². The van der Waals surface area contributed by atoms with Crippen molar-refractivity contribution in [3.8, 4) is 28.4 Å². The maximum absolute atomic E-state index is 13.4. The summed E-state index contributed by atoms with van der Waals surface area (Å²) in [6, 6.07) is 15.4. The van der Waals surface area contributed by atoms with Crippen molar-refractivity contribution in [3.63, 3.8) is 0 Å². The number of aliphatic carboxylic acids is 1. The van der Waals surface area contributed by atoms with Gasteiger partial charge in [-0.3, -0.25) is 4.79 Å². The first kappa shape index (κ1) is 29.7. The van der Waals surface area contributed by atoms with Gasteiger partial charge < -0.3 is 21.1 Å². The van der Waals surface area contributed by atoms with Crippen LogP contribution in [0.15, 0.2) is 54.6 Å². The summed E-state index contributed by atoms with van der Waals surface area (Å²) in [5, 5.41) is 19.5. The minimum atomic E-state index is -0.819. The van der Waals surface area contributed by atoms with E-state index < -0.39 is 5.97 Å². The normalized spacial score (nSPS) is 10.5. The average Bonchev–Trinajstić information content (AvgIpc) is 2.84. The third-order valence-corrected chi connectivity index (χ3v) is 5.80. The van der Waals surface area contributed by atoms with E-state index in [0.717, 1.165) is 41.7 Å². The van der Waals surface area contributed by atoms with Crippen molar-refractivity contribution >= 4 is 5.97 Å². The number of hydrogen-bond acceptors (Lipinski definition) is 4. The summed E-state index contributed by atoms with van der Waals surface area (Å²) in [5.74, 6) is 0.312. The summed E-state index contributed by atoms with van der Waals surface area (Å²) in [6.45, 7) is 4.94. The summed E-state index contributed by atoms with van der Waals surface area (Å²) < 4.78 is 25.6. The predicted molar refractivity (Wildman–Crippen MR) is 136 cm³/mol. The second-order valence-corrected chi connectivity index (χ2v) is 8.44. The van der Waals surface area contributed by atoms with Gasteiger partial charge in [0.15, 0.2) is 0 Å². The minimum Gasteiger partial charge on any atom is -1.00 e. The molecule has 0 saturated carbocycles. The zero-order valence-electron chi connectivity index (χ0n) is 22.4. The molecule has 3 aromatic rings. The molecule has 5 nitrogen and oxygen atoms in total. The van der Waals surface area contributed by atoms with Gasteiger partial charge in [0.05, 0.1) is 18.8 Å². The van der Waals surface area contributed by atoms with Crippen LogP contribution < -0.4 is 39.0 Å². The molecule has 36 heavy (non-hydrogen) atoms. The van der Waals surface area contributed by atoms with Crippen molar-refractivity contribution in [3.05, 3.63) is 77.1 Å². The fourth-order valence-corrected chi connectivity index (χ4v) is 3.99. The van der Waals surface area contributed by atoms with E-state index in [2.05, 4.69) is 6.92 Å². The van der Waals surface area contributed by atoms with Gasteiger partial charge in [-0.05, 0) is 65.8 Å². The van der Waals surface area contributed by atoms with Crippen LogP contribution >= 0.6 is 0 Å². The number of phenols is 1. The van der Waals surface area contributed by atoms with Crippen LogP contribution in [0.3, 0.4) is 0 Å². The Morgan fingerprint density at radius 3 is 2.31 bits per heavy atom. The Morgan fingerprint density at radius 1 is 0.944 bits per heavy atom. The summed E-state index contributed by atoms with van der Waals surface area (Å²) in [7, 11) is 0. The van der Waals surface area contributed by atoms with Gasteiger partial charge in [0.1, 0.15) is 23.1 Å². The number of carboxylic acid groups (broad SMARTS) is 1. The topological polar surface area (TPSA) is 76.0 Å². The van der Waals surface area contributed by atoms with Gasteiger partial charge >= 0.3 is 35.5 Å². The maximum atomic E-state index is 13.4. The van der Waals surface area contributed by atoms with Gasteiger partial charge in [0, 0.05) is 12.8 Å². The zero-order chi connectivity index (χ0) is 25.2. The number of aryl methyl sites for hydroxylation is 3. The first-order valence-electron chi connectivity index (χ1n) is 12.1. The first-order valence-corrected chi connectivity index (χ1v) is 12.1. The number of ether oxygens (including phenoxy) is 2. The fraction of sp³-hybridized carbons (Fsp3) is 0.345. The molecule has 3 rings (SSSR count). The van der Waals surface area contributed by atoms with Crippen molar-refractivity contribution < 1.29 is 59.9 Å². The van der Waals surface area contributed by atoms with Gasteiger partial charge in [-0.15, -0.1) is 0 Å². The number of carboxylic acids is 1. The Balaban J connectivity index is 0.00000342. The van der Waals surface area contributed by atoms with Crippen molar-refractivity contribution in [2.45, 2.75) is 52.4 Å². The van der Waals surface area contributed by atoms with Crippen molar-refractivity contribution in [1.29, 1.82) is 0 Å². The summed E-state index contributed by atoms with van der Waals surface area (Å²) >= 11 is 0. The molecule has 0 spiro atoms. The molecule has 7 heteroatoms. The molecular weight excluding hydrogens is 470 g/mol. The third-order valence-electron chi connectivity index (χ3n) is 5.80.